The van der Waals surface area contributed by atoms with Crippen LogP contribution < -0.4 is 5.32 Å². The second-order valence-electron chi connectivity index (χ2n) is 6.04. The summed E-state index contributed by atoms with van der Waals surface area (Å²) in [5, 5.41) is 7.76. The smallest absolute Gasteiger partial charge is 0.317 e. The van der Waals surface area contributed by atoms with Crippen LogP contribution in [0.1, 0.15) is 26.2 Å². The van der Waals surface area contributed by atoms with Crippen LogP contribution in [0.3, 0.4) is 0 Å². The lowest BCUT2D eigenvalue weighted by molar-refractivity contribution is 0.202. The van der Waals surface area contributed by atoms with Crippen molar-refractivity contribution in [1.82, 2.24) is 20.0 Å². The van der Waals surface area contributed by atoms with Gasteiger partial charge in [0.25, 0.3) is 0 Å². The van der Waals surface area contributed by atoms with Gasteiger partial charge in [-0.1, -0.05) is 37.3 Å². The van der Waals surface area contributed by atoms with Crippen molar-refractivity contribution in [3.8, 4) is 11.3 Å². The van der Waals surface area contributed by atoms with E-state index in [2.05, 4.69) is 29.5 Å². The molecule has 1 N–H and O–H groups in total. The molecule has 1 aliphatic heterocycles. The molecular weight excluding hydrogens is 288 g/mol. The van der Waals surface area contributed by atoms with Crippen molar-refractivity contribution in [2.24, 2.45) is 0 Å². The molecule has 1 aliphatic rings. The van der Waals surface area contributed by atoms with E-state index in [9.17, 15) is 4.79 Å². The molecule has 3 rings (SSSR count). The van der Waals surface area contributed by atoms with Crippen molar-refractivity contribution in [2.75, 3.05) is 13.1 Å². The predicted molar refractivity (Wildman–Crippen MR) is 91.1 cm³/mol. The van der Waals surface area contributed by atoms with E-state index in [4.69, 9.17) is 0 Å². The van der Waals surface area contributed by atoms with E-state index in [1.165, 1.54) is 0 Å². The zero-order valence-electron chi connectivity index (χ0n) is 13.6. The monoisotopic (exact) mass is 312 g/mol. The molecule has 2 aromatic rings. The summed E-state index contributed by atoms with van der Waals surface area (Å²) in [6, 6.07) is 12.3. The molecule has 1 atom stereocenters. The van der Waals surface area contributed by atoms with E-state index >= 15 is 0 Å². The fourth-order valence-corrected chi connectivity index (χ4v) is 2.91. The highest BCUT2D eigenvalue weighted by atomic mass is 16.2. The number of urea groups is 1. The molecular formula is C18H24N4O. The van der Waals surface area contributed by atoms with Gasteiger partial charge in [-0.15, -0.1) is 0 Å². The molecule has 5 nitrogen and oxygen atoms in total. The Kier molecular flexibility index (Phi) is 4.95. The van der Waals surface area contributed by atoms with Crippen LogP contribution in [0.15, 0.2) is 42.6 Å². The molecule has 2 heterocycles. The molecule has 1 aromatic heterocycles. The summed E-state index contributed by atoms with van der Waals surface area (Å²) < 4.78 is 1.92. The Morgan fingerprint density at radius 2 is 1.96 bits per heavy atom. The highest BCUT2D eigenvalue weighted by molar-refractivity contribution is 5.74. The van der Waals surface area contributed by atoms with Crippen LogP contribution in [0.2, 0.25) is 0 Å². The molecule has 5 heteroatoms. The molecule has 23 heavy (non-hydrogen) atoms. The first-order valence-electron chi connectivity index (χ1n) is 8.40. The van der Waals surface area contributed by atoms with Gasteiger partial charge in [-0.2, -0.15) is 5.10 Å². The quantitative estimate of drug-likeness (QED) is 0.922. The van der Waals surface area contributed by atoms with Gasteiger partial charge in [-0.05, 0) is 25.3 Å². The minimum absolute atomic E-state index is 0.0600. The van der Waals surface area contributed by atoms with Crippen LogP contribution in [0.5, 0.6) is 0 Å². The largest absolute Gasteiger partial charge is 0.333 e. The molecule has 0 aliphatic carbocycles. The Labute approximate surface area is 137 Å². The fraction of sp³-hybridized carbons (Fsp3) is 0.444. The van der Waals surface area contributed by atoms with Gasteiger partial charge < -0.3 is 10.2 Å². The van der Waals surface area contributed by atoms with Crippen LogP contribution in [0.4, 0.5) is 4.79 Å². The van der Waals surface area contributed by atoms with Gasteiger partial charge in [0, 0.05) is 30.9 Å². The Bertz CT molecular complexity index is 631. The topological polar surface area (TPSA) is 50.2 Å². The van der Waals surface area contributed by atoms with Crippen molar-refractivity contribution < 1.29 is 4.79 Å². The summed E-state index contributed by atoms with van der Waals surface area (Å²) in [5.74, 6) is 0. The van der Waals surface area contributed by atoms with Crippen molar-refractivity contribution in [3.05, 3.63) is 42.6 Å². The second-order valence-corrected chi connectivity index (χ2v) is 6.04. The van der Waals surface area contributed by atoms with E-state index in [0.29, 0.717) is 6.54 Å². The van der Waals surface area contributed by atoms with Crippen molar-refractivity contribution in [1.29, 1.82) is 0 Å². The minimum Gasteiger partial charge on any atom is -0.333 e. The van der Waals surface area contributed by atoms with E-state index in [0.717, 1.165) is 43.6 Å². The maximum absolute atomic E-state index is 12.2. The molecule has 2 amide bonds. The first-order chi connectivity index (χ1) is 11.3. The lowest BCUT2D eigenvalue weighted by atomic mass is 10.2. The molecule has 1 fully saturated rings. The number of amides is 2. The Morgan fingerprint density at radius 1 is 1.22 bits per heavy atom. The van der Waals surface area contributed by atoms with Crippen molar-refractivity contribution in [2.45, 2.75) is 38.8 Å². The molecule has 0 saturated carbocycles. The van der Waals surface area contributed by atoms with Crippen molar-refractivity contribution >= 4 is 6.03 Å². The summed E-state index contributed by atoms with van der Waals surface area (Å²) in [6.45, 7) is 4.55. The summed E-state index contributed by atoms with van der Waals surface area (Å²) in [5.41, 5.74) is 2.08. The summed E-state index contributed by atoms with van der Waals surface area (Å²) in [7, 11) is 0. The van der Waals surface area contributed by atoms with Gasteiger partial charge in [0.15, 0.2) is 0 Å². The fourth-order valence-electron chi connectivity index (χ4n) is 2.91. The first-order valence-corrected chi connectivity index (χ1v) is 8.40. The molecule has 0 radical (unpaired) electrons. The normalized spacial score (nSPS) is 15.6. The number of rotatable bonds is 5. The zero-order chi connectivity index (χ0) is 16.1. The summed E-state index contributed by atoms with van der Waals surface area (Å²) >= 11 is 0. The molecule has 0 bridgehead atoms. The Hall–Kier alpha value is -2.30. The highest BCUT2D eigenvalue weighted by Crippen LogP contribution is 2.16. The van der Waals surface area contributed by atoms with Crippen LogP contribution in [0.25, 0.3) is 11.3 Å². The molecule has 122 valence electrons. The van der Waals surface area contributed by atoms with Gasteiger partial charge in [0.1, 0.15) is 0 Å². The van der Waals surface area contributed by atoms with E-state index < -0.39 is 0 Å². The summed E-state index contributed by atoms with van der Waals surface area (Å²) in [4.78, 5) is 14.1. The number of carbonyl (C=O) groups is 1. The predicted octanol–water partition coefficient (Wildman–Crippen LogP) is 3.13. The maximum Gasteiger partial charge on any atom is 0.317 e. The molecule has 0 unspecified atom stereocenters. The number of likely N-dealkylation sites (tertiary alicyclic amines) is 1. The number of aromatic nitrogens is 2. The number of benzene rings is 1. The first kappa shape index (κ1) is 15.6. The summed E-state index contributed by atoms with van der Waals surface area (Å²) in [6.07, 6.45) is 5.10. The lowest BCUT2D eigenvalue weighted by Gasteiger charge is -2.22. The molecule has 1 saturated heterocycles. The third-order valence-electron chi connectivity index (χ3n) is 4.33. The Balaban J connectivity index is 1.61. The van der Waals surface area contributed by atoms with Crippen molar-refractivity contribution in [3.63, 3.8) is 0 Å². The lowest BCUT2D eigenvalue weighted by Crippen LogP contribution is -2.45. The van der Waals surface area contributed by atoms with Gasteiger partial charge >= 0.3 is 6.03 Å². The average Bonchev–Trinajstić information content (AvgIpc) is 3.27. The second kappa shape index (κ2) is 7.31. The average molecular weight is 312 g/mol. The SMILES string of the molecule is CC[C@@H](Cn1ccc(-c2ccccc2)n1)NC(=O)N1CCCC1. The third kappa shape index (κ3) is 3.92. The number of nitrogens with one attached hydrogen (secondary N) is 1. The zero-order valence-corrected chi connectivity index (χ0v) is 13.6. The van der Waals surface area contributed by atoms with Crippen LogP contribution in [-0.4, -0.2) is 39.8 Å². The molecule has 1 aromatic carbocycles. The van der Waals surface area contributed by atoms with Crippen LogP contribution in [-0.2, 0) is 6.54 Å². The van der Waals surface area contributed by atoms with Gasteiger partial charge in [-0.25, -0.2) is 4.79 Å². The van der Waals surface area contributed by atoms with E-state index in [1.54, 1.807) is 0 Å². The van der Waals surface area contributed by atoms with E-state index in [1.807, 2.05) is 40.0 Å². The molecule has 0 spiro atoms. The maximum atomic E-state index is 12.2. The number of nitrogens with zero attached hydrogens (tertiary/aromatic N) is 3. The van der Waals surface area contributed by atoms with Crippen LogP contribution >= 0.6 is 0 Å². The Morgan fingerprint density at radius 3 is 2.65 bits per heavy atom. The number of carbonyl (C=O) groups excluding carboxylic acids is 1. The van der Waals surface area contributed by atoms with Crippen LogP contribution in [0, 0.1) is 0 Å². The number of hydrogen-bond donors (Lipinski definition) is 1. The van der Waals surface area contributed by atoms with Gasteiger partial charge in [0.05, 0.1) is 12.2 Å². The standard InChI is InChI=1S/C18H24N4O/c1-2-16(19-18(23)21-11-6-7-12-21)14-22-13-10-17(20-22)15-8-4-3-5-9-15/h3-5,8-10,13,16H,2,6-7,11-12,14H2,1H3,(H,19,23)/t16-/m0/s1. The minimum atomic E-state index is 0.0600. The van der Waals surface area contributed by atoms with Gasteiger partial charge in [-0.3, -0.25) is 4.68 Å². The number of hydrogen-bond acceptors (Lipinski definition) is 2. The van der Waals surface area contributed by atoms with Gasteiger partial charge in [0.2, 0.25) is 0 Å². The highest BCUT2D eigenvalue weighted by Gasteiger charge is 2.20. The third-order valence-corrected chi connectivity index (χ3v) is 4.33. The van der Waals surface area contributed by atoms with E-state index in [-0.39, 0.29) is 12.1 Å².